The number of carbonyl (C=O) groups is 4. The van der Waals surface area contributed by atoms with Crippen molar-refractivity contribution in [3.63, 3.8) is 0 Å². The van der Waals surface area contributed by atoms with E-state index in [-0.39, 0.29) is 25.7 Å². The van der Waals surface area contributed by atoms with Crippen LogP contribution in [0.3, 0.4) is 0 Å². The Morgan fingerprint density at radius 3 is 1.24 bits per heavy atom. The molecule has 0 aliphatic heterocycles. The van der Waals surface area contributed by atoms with Crippen LogP contribution in [-0.2, 0) is 60.6 Å². The number of hydrogen-bond donors (Lipinski definition) is 0. The Kier molecular flexibility index (Phi) is 12.9. The molecule has 0 aliphatic carbocycles. The topological polar surface area (TPSA) is 164 Å². The molecule has 0 saturated carbocycles. The van der Waals surface area contributed by atoms with Crippen LogP contribution >= 0.6 is 0 Å². The molecule has 12 nitrogen and oxygen atoms in total. The molecule has 0 radical (unpaired) electrons. The number of isocyanates is 2. The molecule has 0 heterocycles. The van der Waals surface area contributed by atoms with Crippen LogP contribution in [0.2, 0.25) is 0 Å². The maximum absolute atomic E-state index is 11.8. The Morgan fingerprint density at radius 1 is 0.553 bits per heavy atom. The van der Waals surface area contributed by atoms with Crippen molar-refractivity contribution in [3.05, 3.63) is 59.7 Å². The van der Waals surface area contributed by atoms with Crippen molar-refractivity contribution in [3.8, 4) is 0 Å². The first-order valence-electron chi connectivity index (χ1n) is 11.4. The zero-order valence-corrected chi connectivity index (χ0v) is 20.3. The number of benzene rings is 2. The van der Waals surface area contributed by atoms with E-state index in [9.17, 15) is 28.8 Å². The fourth-order valence-electron chi connectivity index (χ4n) is 2.92. The van der Waals surface area contributed by atoms with Crippen LogP contribution in [0.25, 0.3) is 0 Å². The van der Waals surface area contributed by atoms with Crippen LogP contribution in [0.5, 0.6) is 0 Å². The van der Waals surface area contributed by atoms with Crippen LogP contribution in [0.1, 0.15) is 36.8 Å². The maximum atomic E-state index is 11.8. The summed E-state index contributed by atoms with van der Waals surface area (Å²) in [6.07, 6.45) is 3.42. The first kappa shape index (κ1) is 29.3. The van der Waals surface area contributed by atoms with Crippen molar-refractivity contribution in [2.24, 2.45) is 9.98 Å². The number of unbranched alkanes of at least 4 members (excludes halogenated alkanes) is 1. The van der Waals surface area contributed by atoms with Gasteiger partial charge in [-0.3, -0.25) is 19.2 Å². The van der Waals surface area contributed by atoms with Gasteiger partial charge in [0.15, 0.2) is 0 Å². The molecule has 0 spiro atoms. The van der Waals surface area contributed by atoms with Gasteiger partial charge >= 0.3 is 23.9 Å². The number of ether oxygens (including phenoxy) is 4. The number of carbonyl (C=O) groups excluding carboxylic acids is 6. The van der Waals surface area contributed by atoms with Crippen molar-refractivity contribution < 1.29 is 47.7 Å². The molecule has 0 unspecified atom stereocenters. The van der Waals surface area contributed by atoms with Crippen molar-refractivity contribution in [1.29, 1.82) is 0 Å². The normalized spacial score (nSPS) is 9.79. The molecule has 12 heteroatoms. The third kappa shape index (κ3) is 12.2. The number of rotatable bonds is 15. The summed E-state index contributed by atoms with van der Waals surface area (Å²) in [6, 6.07) is 12.6. The van der Waals surface area contributed by atoms with Gasteiger partial charge in [0.25, 0.3) is 0 Å². The summed E-state index contributed by atoms with van der Waals surface area (Å²) in [6.45, 7) is -1.06. The number of aliphatic imine (C=N–C) groups is 2. The number of nitrogens with zero attached hydrogens (tertiary/aromatic N) is 2. The molecular weight excluding hydrogens is 500 g/mol. The molecule has 2 aromatic carbocycles. The minimum atomic E-state index is -0.602. The van der Waals surface area contributed by atoms with E-state index in [4.69, 9.17) is 18.9 Å². The van der Waals surface area contributed by atoms with Gasteiger partial charge in [0.1, 0.15) is 0 Å². The zero-order chi connectivity index (χ0) is 27.6. The highest BCUT2D eigenvalue weighted by Gasteiger charge is 2.10. The summed E-state index contributed by atoms with van der Waals surface area (Å²) in [5, 5.41) is 0. The van der Waals surface area contributed by atoms with Crippen LogP contribution in [0, 0.1) is 0 Å². The van der Waals surface area contributed by atoms with Gasteiger partial charge in [-0.15, -0.1) is 0 Å². The van der Waals surface area contributed by atoms with Crippen LogP contribution in [0.4, 0.5) is 11.4 Å². The first-order valence-corrected chi connectivity index (χ1v) is 11.4. The van der Waals surface area contributed by atoms with Gasteiger partial charge < -0.3 is 18.9 Å². The average Bonchev–Trinajstić information content (AvgIpc) is 2.89. The number of esters is 4. The summed E-state index contributed by atoms with van der Waals surface area (Å²) in [4.78, 5) is 74.3. The minimum absolute atomic E-state index is 0.00940. The quantitative estimate of drug-likeness (QED) is 0.111. The lowest BCUT2D eigenvalue weighted by atomic mass is 10.1. The maximum Gasteiger partial charge on any atom is 0.313 e. The van der Waals surface area contributed by atoms with Gasteiger partial charge in [-0.05, 0) is 48.2 Å². The van der Waals surface area contributed by atoms with Crippen LogP contribution in [0.15, 0.2) is 58.5 Å². The van der Waals surface area contributed by atoms with E-state index in [0.29, 0.717) is 35.3 Å². The number of hydrogen-bond acceptors (Lipinski definition) is 12. The second-order valence-electron chi connectivity index (χ2n) is 7.60. The van der Waals surface area contributed by atoms with E-state index >= 15 is 0 Å². The zero-order valence-electron chi connectivity index (χ0n) is 20.3. The minimum Gasteiger partial charge on any atom is -0.428 e. The third-order valence-electron chi connectivity index (χ3n) is 4.81. The van der Waals surface area contributed by atoms with Crippen molar-refractivity contribution in [1.82, 2.24) is 0 Å². The molecular formula is C26H24N2O10. The molecule has 0 aliphatic rings. The van der Waals surface area contributed by atoms with Gasteiger partial charge in [-0.1, -0.05) is 24.3 Å². The molecule has 0 bridgehead atoms. The molecule has 38 heavy (non-hydrogen) atoms. The molecule has 0 amide bonds. The summed E-state index contributed by atoms with van der Waals surface area (Å²) >= 11 is 0. The monoisotopic (exact) mass is 524 g/mol. The van der Waals surface area contributed by atoms with Crippen molar-refractivity contribution >= 4 is 47.4 Å². The van der Waals surface area contributed by atoms with Crippen molar-refractivity contribution in [2.45, 2.75) is 38.5 Å². The smallest absolute Gasteiger partial charge is 0.313 e. The highest BCUT2D eigenvalue weighted by atomic mass is 16.7. The fourth-order valence-corrected chi connectivity index (χ4v) is 2.92. The first-order chi connectivity index (χ1) is 18.4. The summed E-state index contributed by atoms with van der Waals surface area (Å²) < 4.78 is 19.4. The molecule has 0 aromatic heterocycles. The predicted octanol–water partition coefficient (Wildman–Crippen LogP) is 3.05. The van der Waals surface area contributed by atoms with E-state index in [2.05, 4.69) is 9.98 Å². The Hall–Kier alpha value is -4.92. The Balaban J connectivity index is 1.50. The molecule has 2 rings (SSSR count). The largest absolute Gasteiger partial charge is 0.428 e. The average molecular weight is 524 g/mol. The summed E-state index contributed by atoms with van der Waals surface area (Å²) in [5.74, 6) is -2.39. The standard InChI is InChI=1S/C26H24N2O10/c29-15-27-21-9-5-19(6-10-21)13-25(33)37-17-35-23(31)3-1-2-4-24(32)36-18-38-26(34)14-20-7-11-22(12-8-20)28-16-30/h5-12H,1-4,13-14,17-18H2. The second kappa shape index (κ2) is 16.7. The second-order valence-corrected chi connectivity index (χ2v) is 7.60. The Labute approximate surface area is 217 Å². The third-order valence-corrected chi connectivity index (χ3v) is 4.81. The van der Waals surface area contributed by atoms with E-state index < -0.39 is 37.5 Å². The highest BCUT2D eigenvalue weighted by Crippen LogP contribution is 2.14. The SMILES string of the molecule is O=C=Nc1ccc(CC(=O)OCOC(=O)CCCCC(=O)OCOC(=O)Cc2ccc(N=C=O)cc2)cc1. The Bertz CT molecular complexity index is 1100. The molecule has 0 N–H and O–H groups in total. The summed E-state index contributed by atoms with van der Waals surface area (Å²) in [5.41, 5.74) is 2.08. The van der Waals surface area contributed by atoms with Crippen LogP contribution in [-0.4, -0.2) is 49.6 Å². The van der Waals surface area contributed by atoms with Gasteiger partial charge in [-0.25, -0.2) is 9.59 Å². The molecule has 198 valence electrons. The van der Waals surface area contributed by atoms with Gasteiger partial charge in [-0.2, -0.15) is 9.98 Å². The van der Waals surface area contributed by atoms with E-state index in [1.807, 2.05) is 0 Å². The molecule has 0 fully saturated rings. The van der Waals surface area contributed by atoms with Gasteiger partial charge in [0.05, 0.1) is 24.2 Å². The van der Waals surface area contributed by atoms with E-state index in [1.54, 1.807) is 48.5 Å². The predicted molar refractivity (Wildman–Crippen MR) is 128 cm³/mol. The molecule has 0 saturated heterocycles. The van der Waals surface area contributed by atoms with Gasteiger partial charge in [0, 0.05) is 12.8 Å². The van der Waals surface area contributed by atoms with E-state index in [0.717, 1.165) is 0 Å². The lowest BCUT2D eigenvalue weighted by Crippen LogP contribution is -2.15. The molecule has 0 atom stereocenters. The van der Waals surface area contributed by atoms with Crippen LogP contribution < -0.4 is 0 Å². The lowest BCUT2D eigenvalue weighted by Gasteiger charge is -2.07. The van der Waals surface area contributed by atoms with E-state index in [1.165, 1.54) is 12.2 Å². The fraction of sp³-hybridized carbons (Fsp3) is 0.308. The highest BCUT2D eigenvalue weighted by molar-refractivity contribution is 5.74. The van der Waals surface area contributed by atoms with Crippen molar-refractivity contribution in [2.75, 3.05) is 13.6 Å². The molecule has 2 aromatic rings. The summed E-state index contributed by atoms with van der Waals surface area (Å²) in [7, 11) is 0. The lowest BCUT2D eigenvalue weighted by molar-refractivity contribution is -0.169. The van der Waals surface area contributed by atoms with Gasteiger partial charge in [0.2, 0.25) is 25.7 Å². The Morgan fingerprint density at radius 2 is 0.895 bits per heavy atom.